The van der Waals surface area contributed by atoms with Gasteiger partial charge in [0.2, 0.25) is 0 Å². The number of nitriles is 1. The summed E-state index contributed by atoms with van der Waals surface area (Å²) in [6.07, 6.45) is 1.00. The number of nitrogens with one attached hydrogen (secondary N) is 1. The maximum atomic E-state index is 13.0. The van der Waals surface area contributed by atoms with Gasteiger partial charge >= 0.3 is 6.18 Å². The molecule has 1 saturated heterocycles. The Kier molecular flexibility index (Phi) is 6.96. The minimum absolute atomic E-state index is 0.0444. The third-order valence-electron chi connectivity index (χ3n) is 6.13. The Morgan fingerprint density at radius 1 is 1.24 bits per heavy atom. The fourth-order valence-corrected chi connectivity index (χ4v) is 4.72. The van der Waals surface area contributed by atoms with Crippen LogP contribution in [-0.4, -0.2) is 41.2 Å². The lowest BCUT2D eigenvalue weighted by Crippen LogP contribution is -2.44. The molecular weight excluding hydrogens is 449 g/mol. The summed E-state index contributed by atoms with van der Waals surface area (Å²) in [7, 11) is 0. The van der Waals surface area contributed by atoms with E-state index in [1.165, 1.54) is 23.9 Å². The number of piperidine rings is 1. The molecule has 1 aromatic heterocycles. The standard InChI is InChI=1S/C24H25F3N4OS/c1-33-23-20(13-28)19(12-21(30-23)16-5-6-16)22(32)29-18-7-9-31(10-8-18)14-15-3-2-4-17(11-15)24(25,26)27/h2-4,11-12,16,18H,5-10,14H2,1H3,(H,29,32). The van der Waals surface area contributed by atoms with Crippen molar-refractivity contribution in [3.63, 3.8) is 0 Å². The van der Waals surface area contributed by atoms with E-state index >= 15 is 0 Å². The largest absolute Gasteiger partial charge is 0.416 e. The molecule has 0 bridgehead atoms. The molecule has 0 spiro atoms. The molecule has 1 aromatic carbocycles. The van der Waals surface area contributed by atoms with Gasteiger partial charge in [0.1, 0.15) is 11.1 Å². The molecule has 2 fully saturated rings. The van der Waals surface area contributed by atoms with Crippen molar-refractivity contribution in [2.75, 3.05) is 19.3 Å². The van der Waals surface area contributed by atoms with E-state index in [4.69, 9.17) is 0 Å². The van der Waals surface area contributed by atoms with Crippen LogP contribution in [0, 0.1) is 11.3 Å². The minimum atomic E-state index is -4.35. The first-order chi connectivity index (χ1) is 15.8. The molecule has 9 heteroatoms. The van der Waals surface area contributed by atoms with Crippen LogP contribution in [0.15, 0.2) is 35.4 Å². The molecule has 33 heavy (non-hydrogen) atoms. The molecule has 4 rings (SSSR count). The van der Waals surface area contributed by atoms with E-state index in [2.05, 4.69) is 21.3 Å². The van der Waals surface area contributed by atoms with Gasteiger partial charge in [0.15, 0.2) is 0 Å². The molecule has 1 aliphatic heterocycles. The highest BCUT2D eigenvalue weighted by molar-refractivity contribution is 7.98. The topological polar surface area (TPSA) is 69.0 Å². The highest BCUT2D eigenvalue weighted by Crippen LogP contribution is 2.40. The van der Waals surface area contributed by atoms with Crippen molar-refractivity contribution >= 4 is 17.7 Å². The van der Waals surface area contributed by atoms with E-state index in [9.17, 15) is 23.2 Å². The monoisotopic (exact) mass is 474 g/mol. The number of pyridine rings is 1. The van der Waals surface area contributed by atoms with Gasteiger partial charge in [-0.05, 0) is 49.6 Å². The quantitative estimate of drug-likeness (QED) is 0.599. The third-order valence-corrected chi connectivity index (χ3v) is 6.82. The molecule has 2 aliphatic rings. The van der Waals surface area contributed by atoms with Gasteiger partial charge in [-0.3, -0.25) is 9.69 Å². The Hall–Kier alpha value is -2.57. The summed E-state index contributed by atoms with van der Waals surface area (Å²) in [5.41, 5.74) is 1.55. The zero-order valence-electron chi connectivity index (χ0n) is 18.3. The Labute approximate surface area is 195 Å². The second kappa shape index (κ2) is 9.74. The summed E-state index contributed by atoms with van der Waals surface area (Å²) >= 11 is 1.37. The summed E-state index contributed by atoms with van der Waals surface area (Å²) in [5.74, 6) is 0.108. The molecule has 1 aliphatic carbocycles. The number of alkyl halides is 3. The molecule has 2 aromatic rings. The van der Waals surface area contributed by atoms with Crippen molar-refractivity contribution < 1.29 is 18.0 Å². The second-order valence-electron chi connectivity index (χ2n) is 8.59. The lowest BCUT2D eigenvalue weighted by molar-refractivity contribution is -0.137. The van der Waals surface area contributed by atoms with Gasteiger partial charge in [0.05, 0.1) is 16.7 Å². The second-order valence-corrected chi connectivity index (χ2v) is 9.38. The van der Waals surface area contributed by atoms with E-state index < -0.39 is 11.7 Å². The van der Waals surface area contributed by atoms with E-state index in [0.717, 1.165) is 24.6 Å². The van der Waals surface area contributed by atoms with Gasteiger partial charge < -0.3 is 5.32 Å². The zero-order chi connectivity index (χ0) is 23.6. The summed E-state index contributed by atoms with van der Waals surface area (Å²) in [4.78, 5) is 19.7. The van der Waals surface area contributed by atoms with Crippen molar-refractivity contribution in [1.82, 2.24) is 15.2 Å². The van der Waals surface area contributed by atoms with E-state index in [0.29, 0.717) is 60.1 Å². The fraction of sp³-hybridized carbons (Fsp3) is 0.458. The van der Waals surface area contributed by atoms with Crippen LogP contribution in [0.2, 0.25) is 0 Å². The number of rotatable bonds is 6. The molecule has 5 nitrogen and oxygen atoms in total. The Balaban J connectivity index is 1.37. The van der Waals surface area contributed by atoms with Gasteiger partial charge in [-0.15, -0.1) is 11.8 Å². The number of hydrogen-bond donors (Lipinski definition) is 1. The van der Waals surface area contributed by atoms with Crippen molar-refractivity contribution in [3.05, 3.63) is 58.3 Å². The van der Waals surface area contributed by atoms with Gasteiger partial charge in [-0.1, -0.05) is 18.2 Å². The number of nitrogens with zero attached hydrogens (tertiary/aromatic N) is 3. The van der Waals surface area contributed by atoms with Crippen molar-refractivity contribution in [2.45, 2.75) is 55.4 Å². The average Bonchev–Trinajstić information content (AvgIpc) is 3.64. The summed E-state index contributed by atoms with van der Waals surface area (Å²) in [6, 6.07) is 9.27. The fourth-order valence-electron chi connectivity index (χ4n) is 4.17. The Bertz CT molecular complexity index is 1070. The summed E-state index contributed by atoms with van der Waals surface area (Å²) in [6.45, 7) is 1.79. The minimum Gasteiger partial charge on any atom is -0.349 e. The van der Waals surface area contributed by atoms with Crippen molar-refractivity contribution in [2.24, 2.45) is 0 Å². The Morgan fingerprint density at radius 3 is 2.58 bits per heavy atom. The van der Waals surface area contributed by atoms with Gasteiger partial charge in [-0.25, -0.2) is 4.98 Å². The smallest absolute Gasteiger partial charge is 0.349 e. The van der Waals surface area contributed by atoms with Crippen molar-refractivity contribution in [3.8, 4) is 6.07 Å². The predicted octanol–water partition coefficient (Wildman–Crippen LogP) is 4.97. The first-order valence-corrected chi connectivity index (χ1v) is 12.2. The number of hydrogen-bond acceptors (Lipinski definition) is 5. The lowest BCUT2D eigenvalue weighted by atomic mass is 10.0. The molecule has 0 radical (unpaired) electrons. The van der Waals surface area contributed by atoms with Crippen LogP contribution >= 0.6 is 11.8 Å². The molecule has 1 N–H and O–H groups in total. The van der Waals surface area contributed by atoms with Gasteiger partial charge in [-0.2, -0.15) is 18.4 Å². The number of aromatic nitrogens is 1. The molecule has 1 saturated carbocycles. The number of benzene rings is 1. The maximum absolute atomic E-state index is 13.0. The number of carbonyl (C=O) groups excluding carboxylic acids is 1. The first kappa shape index (κ1) is 23.6. The SMILES string of the molecule is CSc1nc(C2CC2)cc(C(=O)NC2CCN(Cc3cccc(C(F)(F)F)c3)CC2)c1C#N. The van der Waals surface area contributed by atoms with Crippen LogP contribution in [0.1, 0.15) is 64.3 Å². The number of likely N-dealkylation sites (tertiary alicyclic amines) is 1. The first-order valence-electron chi connectivity index (χ1n) is 11.0. The molecular formula is C24H25F3N4OS. The number of amides is 1. The number of carbonyl (C=O) groups is 1. The van der Waals surface area contributed by atoms with Crippen LogP contribution in [0.3, 0.4) is 0 Å². The molecule has 0 atom stereocenters. The van der Waals surface area contributed by atoms with Crippen LogP contribution in [-0.2, 0) is 12.7 Å². The van der Waals surface area contributed by atoms with Crippen LogP contribution < -0.4 is 5.32 Å². The summed E-state index contributed by atoms with van der Waals surface area (Å²) in [5, 5.41) is 13.3. The number of halogens is 3. The lowest BCUT2D eigenvalue weighted by Gasteiger charge is -2.32. The normalized spacial score (nSPS) is 17.5. The highest BCUT2D eigenvalue weighted by Gasteiger charge is 2.31. The zero-order valence-corrected chi connectivity index (χ0v) is 19.1. The maximum Gasteiger partial charge on any atom is 0.416 e. The van der Waals surface area contributed by atoms with E-state index in [1.807, 2.05) is 6.26 Å². The third kappa shape index (κ3) is 5.68. The molecule has 174 valence electrons. The van der Waals surface area contributed by atoms with Gasteiger partial charge in [0, 0.05) is 37.3 Å². The van der Waals surface area contributed by atoms with Crippen LogP contribution in [0.4, 0.5) is 13.2 Å². The predicted molar refractivity (Wildman–Crippen MR) is 120 cm³/mol. The molecule has 2 heterocycles. The molecule has 1 amide bonds. The van der Waals surface area contributed by atoms with Gasteiger partial charge in [0.25, 0.3) is 5.91 Å². The number of thioether (sulfide) groups is 1. The summed E-state index contributed by atoms with van der Waals surface area (Å²) < 4.78 is 38.9. The molecule has 0 unspecified atom stereocenters. The van der Waals surface area contributed by atoms with Crippen LogP contribution in [0.5, 0.6) is 0 Å². The van der Waals surface area contributed by atoms with E-state index in [1.54, 1.807) is 12.1 Å². The average molecular weight is 475 g/mol. The Morgan fingerprint density at radius 2 is 1.97 bits per heavy atom. The van der Waals surface area contributed by atoms with Crippen LogP contribution in [0.25, 0.3) is 0 Å². The van der Waals surface area contributed by atoms with E-state index in [-0.39, 0.29) is 11.9 Å². The highest BCUT2D eigenvalue weighted by atomic mass is 32.2. The van der Waals surface area contributed by atoms with Crippen molar-refractivity contribution in [1.29, 1.82) is 5.26 Å².